The summed E-state index contributed by atoms with van der Waals surface area (Å²) in [4.78, 5) is 0. The Bertz CT molecular complexity index is 1210. The smallest absolute Gasteiger partial charge is 0.204 e. The molecule has 3 atom stereocenters. The van der Waals surface area contributed by atoms with Crippen LogP contribution in [0.25, 0.3) is 0 Å². The molecule has 1 heterocycles. The number of methoxy groups -OCH3 is 3. The van der Waals surface area contributed by atoms with E-state index in [1.165, 1.54) is 27.6 Å². The SMILES string of the molecule is CCCOc1ccccc1C1C(S(C)(=O)=O)COC1(OCC#CCO)c1cc(OC)c(OC)c(OC)c1. The molecule has 1 fully saturated rings. The van der Waals surface area contributed by atoms with Gasteiger partial charge in [-0.15, -0.1) is 0 Å². The van der Waals surface area contributed by atoms with E-state index in [4.69, 9.17) is 33.5 Å². The lowest BCUT2D eigenvalue weighted by Gasteiger charge is -2.36. The molecule has 9 nitrogen and oxygen atoms in total. The van der Waals surface area contributed by atoms with Gasteiger partial charge in [0.05, 0.1) is 45.7 Å². The van der Waals surface area contributed by atoms with Crippen LogP contribution in [-0.2, 0) is 25.1 Å². The fourth-order valence-electron chi connectivity index (χ4n) is 4.50. The molecule has 1 aliphatic heterocycles. The van der Waals surface area contributed by atoms with Crippen molar-refractivity contribution in [1.29, 1.82) is 0 Å². The number of aliphatic hydroxyl groups is 1. The van der Waals surface area contributed by atoms with Gasteiger partial charge in [0.25, 0.3) is 0 Å². The zero-order valence-electron chi connectivity index (χ0n) is 21.8. The molecule has 1 saturated heterocycles. The quantitative estimate of drug-likeness (QED) is 0.435. The minimum Gasteiger partial charge on any atom is -0.493 e. The van der Waals surface area contributed by atoms with E-state index >= 15 is 0 Å². The molecule has 3 unspecified atom stereocenters. The molecule has 0 bridgehead atoms. The summed E-state index contributed by atoms with van der Waals surface area (Å²) in [5, 5.41) is 8.17. The molecule has 0 spiro atoms. The summed E-state index contributed by atoms with van der Waals surface area (Å²) >= 11 is 0. The van der Waals surface area contributed by atoms with Crippen LogP contribution in [0.15, 0.2) is 36.4 Å². The normalized spacial score (nSPS) is 21.1. The van der Waals surface area contributed by atoms with Crippen molar-refractivity contribution in [2.75, 3.05) is 54.0 Å². The van der Waals surface area contributed by atoms with Gasteiger partial charge in [-0.3, -0.25) is 0 Å². The molecule has 1 aliphatic rings. The third-order valence-electron chi connectivity index (χ3n) is 6.14. The van der Waals surface area contributed by atoms with E-state index in [1.54, 1.807) is 18.2 Å². The predicted molar refractivity (Wildman–Crippen MR) is 138 cm³/mol. The van der Waals surface area contributed by atoms with Crippen molar-refractivity contribution in [2.24, 2.45) is 0 Å². The van der Waals surface area contributed by atoms with Crippen molar-refractivity contribution in [2.45, 2.75) is 30.3 Å². The van der Waals surface area contributed by atoms with Crippen molar-refractivity contribution in [1.82, 2.24) is 0 Å². The molecular weight excluding hydrogens is 500 g/mol. The Hall–Kier alpha value is -2.97. The second-order valence-electron chi connectivity index (χ2n) is 8.42. The van der Waals surface area contributed by atoms with Gasteiger partial charge in [-0.2, -0.15) is 0 Å². The van der Waals surface area contributed by atoms with Crippen LogP contribution in [0.5, 0.6) is 23.0 Å². The number of rotatable bonds is 11. The average Bonchev–Trinajstić information content (AvgIpc) is 3.30. The first kappa shape index (κ1) is 28.6. The summed E-state index contributed by atoms with van der Waals surface area (Å²) in [7, 11) is 0.849. The van der Waals surface area contributed by atoms with E-state index in [9.17, 15) is 8.42 Å². The van der Waals surface area contributed by atoms with E-state index in [-0.39, 0.29) is 19.8 Å². The Kier molecular flexibility index (Phi) is 9.68. The topological polar surface area (TPSA) is 110 Å². The second kappa shape index (κ2) is 12.5. The monoisotopic (exact) mass is 534 g/mol. The van der Waals surface area contributed by atoms with Crippen LogP contribution in [-0.4, -0.2) is 72.8 Å². The lowest BCUT2D eigenvalue weighted by Crippen LogP contribution is -2.39. The molecular formula is C27H34O9S. The highest BCUT2D eigenvalue weighted by molar-refractivity contribution is 7.91. The molecule has 37 heavy (non-hydrogen) atoms. The van der Waals surface area contributed by atoms with E-state index in [2.05, 4.69) is 11.8 Å². The summed E-state index contributed by atoms with van der Waals surface area (Å²) < 4.78 is 61.4. The summed E-state index contributed by atoms with van der Waals surface area (Å²) in [5.74, 6) is 4.44. The molecule has 0 aliphatic carbocycles. The van der Waals surface area contributed by atoms with Gasteiger partial charge in [0, 0.05) is 17.4 Å². The number of sulfone groups is 1. The second-order valence-corrected chi connectivity index (χ2v) is 10.7. The average molecular weight is 535 g/mol. The van der Waals surface area contributed by atoms with Crippen LogP contribution < -0.4 is 18.9 Å². The maximum atomic E-state index is 13.1. The van der Waals surface area contributed by atoms with Crippen LogP contribution in [0.1, 0.15) is 30.4 Å². The van der Waals surface area contributed by atoms with Gasteiger partial charge in [-0.1, -0.05) is 37.0 Å². The minimum atomic E-state index is -3.62. The summed E-state index contributed by atoms with van der Waals surface area (Å²) in [6.45, 7) is 1.83. The van der Waals surface area contributed by atoms with Crippen molar-refractivity contribution in [3.05, 3.63) is 47.5 Å². The Morgan fingerprint density at radius 1 is 1.05 bits per heavy atom. The molecule has 3 rings (SSSR count). The summed E-state index contributed by atoms with van der Waals surface area (Å²) in [6, 6.07) is 10.6. The first-order valence-electron chi connectivity index (χ1n) is 11.8. The van der Waals surface area contributed by atoms with Crippen LogP contribution in [0.2, 0.25) is 0 Å². The number of ether oxygens (including phenoxy) is 6. The lowest BCUT2D eigenvalue weighted by molar-refractivity contribution is -0.220. The summed E-state index contributed by atoms with van der Waals surface area (Å²) in [6.07, 6.45) is 1.96. The largest absolute Gasteiger partial charge is 0.493 e. The molecule has 0 aromatic heterocycles. The lowest BCUT2D eigenvalue weighted by atomic mass is 9.84. The van der Waals surface area contributed by atoms with Gasteiger partial charge in [0.1, 0.15) is 19.0 Å². The minimum absolute atomic E-state index is 0.129. The third kappa shape index (κ3) is 5.96. The Morgan fingerprint density at radius 3 is 2.30 bits per heavy atom. The van der Waals surface area contributed by atoms with E-state index in [0.717, 1.165) is 6.42 Å². The molecule has 0 amide bonds. The van der Waals surface area contributed by atoms with Crippen molar-refractivity contribution < 1.29 is 41.9 Å². The molecule has 0 saturated carbocycles. The fourth-order valence-corrected chi connectivity index (χ4v) is 5.64. The zero-order valence-corrected chi connectivity index (χ0v) is 22.6. The standard InChI is InChI=1S/C27H34O9S/c1-6-14-34-21-12-8-7-11-20(21)25-24(37(5,29)30)18-36-27(25,35-15-10-9-13-28)19-16-22(31-2)26(33-4)23(17-19)32-3/h7-8,11-12,16-17,24-25,28H,6,13-15,18H2,1-5H3. The van der Waals surface area contributed by atoms with Crippen molar-refractivity contribution in [3.8, 4) is 34.8 Å². The molecule has 0 radical (unpaired) electrons. The number of aliphatic hydroxyl groups excluding tert-OH is 1. The Morgan fingerprint density at radius 2 is 1.73 bits per heavy atom. The number of para-hydroxylation sites is 1. The van der Waals surface area contributed by atoms with Crippen molar-refractivity contribution >= 4 is 9.84 Å². The van der Waals surface area contributed by atoms with Crippen LogP contribution in [0.3, 0.4) is 0 Å². The molecule has 2 aromatic carbocycles. The maximum absolute atomic E-state index is 13.1. The number of hydrogen-bond donors (Lipinski definition) is 1. The molecule has 2 aromatic rings. The predicted octanol–water partition coefficient (Wildman–Crippen LogP) is 2.89. The number of hydrogen-bond acceptors (Lipinski definition) is 9. The van der Waals surface area contributed by atoms with Gasteiger partial charge in [-0.25, -0.2) is 8.42 Å². The van der Waals surface area contributed by atoms with Crippen molar-refractivity contribution in [3.63, 3.8) is 0 Å². The summed E-state index contributed by atoms with van der Waals surface area (Å²) in [5.41, 5.74) is 1.07. The van der Waals surface area contributed by atoms with Gasteiger partial charge in [-0.05, 0) is 24.6 Å². The van der Waals surface area contributed by atoms with Crippen LogP contribution >= 0.6 is 0 Å². The van der Waals surface area contributed by atoms with Gasteiger partial charge in [0.15, 0.2) is 21.3 Å². The molecule has 1 N–H and O–H groups in total. The fraction of sp³-hybridized carbons (Fsp3) is 0.481. The maximum Gasteiger partial charge on any atom is 0.204 e. The van der Waals surface area contributed by atoms with Crippen LogP contribution in [0.4, 0.5) is 0 Å². The van der Waals surface area contributed by atoms with Crippen LogP contribution in [0, 0.1) is 11.8 Å². The zero-order chi connectivity index (χ0) is 27.1. The number of benzene rings is 2. The molecule has 10 heteroatoms. The van der Waals surface area contributed by atoms with Gasteiger partial charge < -0.3 is 33.5 Å². The Balaban J connectivity index is 2.33. The highest BCUT2D eigenvalue weighted by Crippen LogP contribution is 2.54. The first-order valence-corrected chi connectivity index (χ1v) is 13.8. The van der Waals surface area contributed by atoms with Gasteiger partial charge >= 0.3 is 0 Å². The first-order chi connectivity index (χ1) is 17.8. The van der Waals surface area contributed by atoms with E-state index < -0.39 is 26.8 Å². The molecule has 202 valence electrons. The van der Waals surface area contributed by atoms with Gasteiger partial charge in [0.2, 0.25) is 11.5 Å². The highest BCUT2D eigenvalue weighted by atomic mass is 32.2. The van der Waals surface area contributed by atoms with E-state index in [0.29, 0.717) is 40.7 Å². The Labute approximate surface area is 218 Å². The van der Waals surface area contributed by atoms with E-state index in [1.807, 2.05) is 25.1 Å². The highest BCUT2D eigenvalue weighted by Gasteiger charge is 2.57. The third-order valence-corrected chi connectivity index (χ3v) is 7.65.